The Kier molecular flexibility index (Phi) is 8.16. The summed E-state index contributed by atoms with van der Waals surface area (Å²) in [6.45, 7) is 15.0. The van der Waals surface area contributed by atoms with E-state index >= 15 is 0 Å². The van der Waals surface area contributed by atoms with E-state index in [1.807, 2.05) is 20.8 Å². The zero-order valence-electron chi connectivity index (χ0n) is 23.2. The SMILES string of the molecule is CCC1CC2CC(C1)C(OC(=O)COC(=O)COC(=O)C1(CC(C)(C)C)[C@H](C)C1(C)C)C(C)OC2=O. The molecule has 7 atom stereocenters. The normalized spacial score (nSPS) is 35.2. The minimum absolute atomic E-state index is 0.0265. The van der Waals surface area contributed by atoms with Crippen LogP contribution in [0.3, 0.4) is 0 Å². The first-order valence-electron chi connectivity index (χ1n) is 13.3. The molecule has 8 heteroatoms. The molecule has 1 aliphatic heterocycles. The monoisotopic (exact) mass is 508 g/mol. The second kappa shape index (κ2) is 10.3. The third kappa shape index (κ3) is 5.72. The smallest absolute Gasteiger partial charge is 0.344 e. The highest BCUT2D eigenvalue weighted by atomic mass is 16.6. The van der Waals surface area contributed by atoms with Crippen molar-refractivity contribution in [3.63, 3.8) is 0 Å². The van der Waals surface area contributed by atoms with Gasteiger partial charge in [-0.05, 0) is 55.3 Å². The van der Waals surface area contributed by atoms with E-state index in [0.29, 0.717) is 18.8 Å². The molecule has 3 rings (SSSR count). The molecule has 0 aromatic carbocycles. The second-order valence-corrected chi connectivity index (χ2v) is 12.9. The molecule has 204 valence electrons. The molecule has 2 bridgehead atoms. The number of carbonyl (C=O) groups excluding carboxylic acids is 4. The fourth-order valence-electron chi connectivity index (χ4n) is 6.68. The van der Waals surface area contributed by atoms with E-state index in [1.165, 1.54) is 0 Å². The second-order valence-electron chi connectivity index (χ2n) is 12.9. The van der Waals surface area contributed by atoms with Crippen LogP contribution in [-0.2, 0) is 38.1 Å². The van der Waals surface area contributed by atoms with Crippen LogP contribution in [0.1, 0.15) is 87.5 Å². The number of carbonyl (C=O) groups is 4. The van der Waals surface area contributed by atoms with Crippen LogP contribution in [0.25, 0.3) is 0 Å². The zero-order chi connectivity index (χ0) is 27.1. The molecule has 3 aliphatic rings. The molecule has 0 aromatic heterocycles. The third-order valence-corrected chi connectivity index (χ3v) is 8.98. The standard InChI is InChI=1S/C28H44O8/c1-9-18-10-19-12-20(11-18)24(31)35-16(2)23(19)36-22(30)14-33-21(29)13-34-25(32)28(15-26(4,5)6)17(3)27(28,7)8/h16-20,23H,9-15H2,1-8H3/t16?,17-,18?,19?,20?,23?,28?/m1/s1. The van der Waals surface area contributed by atoms with Gasteiger partial charge in [0.1, 0.15) is 12.2 Å². The molecule has 3 fully saturated rings. The summed E-state index contributed by atoms with van der Waals surface area (Å²) in [5.74, 6) is -1.75. The Hall–Kier alpha value is -2.12. The van der Waals surface area contributed by atoms with E-state index < -0.39 is 48.7 Å². The van der Waals surface area contributed by atoms with E-state index in [2.05, 4.69) is 27.7 Å². The predicted octanol–water partition coefficient (Wildman–Crippen LogP) is 4.47. The van der Waals surface area contributed by atoms with Crippen molar-refractivity contribution in [2.24, 2.45) is 39.9 Å². The number of cyclic esters (lactones) is 1. The maximum atomic E-state index is 13.0. The summed E-state index contributed by atoms with van der Waals surface area (Å²) in [4.78, 5) is 50.2. The van der Waals surface area contributed by atoms with Gasteiger partial charge in [0.05, 0.1) is 11.3 Å². The van der Waals surface area contributed by atoms with Gasteiger partial charge in [0.15, 0.2) is 13.2 Å². The summed E-state index contributed by atoms with van der Waals surface area (Å²) < 4.78 is 21.6. The van der Waals surface area contributed by atoms with Gasteiger partial charge in [0.2, 0.25) is 0 Å². The van der Waals surface area contributed by atoms with Crippen molar-refractivity contribution in [1.82, 2.24) is 0 Å². The summed E-state index contributed by atoms with van der Waals surface area (Å²) in [7, 11) is 0. The Bertz CT molecular complexity index is 871. The van der Waals surface area contributed by atoms with Gasteiger partial charge < -0.3 is 18.9 Å². The van der Waals surface area contributed by atoms with Crippen molar-refractivity contribution in [1.29, 1.82) is 0 Å². The van der Waals surface area contributed by atoms with Crippen LogP contribution >= 0.6 is 0 Å². The third-order valence-electron chi connectivity index (χ3n) is 8.98. The van der Waals surface area contributed by atoms with E-state index in [-0.39, 0.29) is 34.6 Å². The van der Waals surface area contributed by atoms with Gasteiger partial charge in [0.25, 0.3) is 0 Å². The van der Waals surface area contributed by atoms with Gasteiger partial charge in [-0.2, -0.15) is 0 Å². The number of hydrogen-bond acceptors (Lipinski definition) is 8. The Labute approximate surface area is 215 Å². The van der Waals surface area contributed by atoms with Gasteiger partial charge in [-0.25, -0.2) is 9.59 Å². The molecular formula is C28H44O8. The van der Waals surface area contributed by atoms with Crippen LogP contribution in [0.5, 0.6) is 0 Å². The Morgan fingerprint density at radius 1 is 1.00 bits per heavy atom. The van der Waals surface area contributed by atoms with Gasteiger partial charge >= 0.3 is 23.9 Å². The molecule has 8 nitrogen and oxygen atoms in total. The summed E-state index contributed by atoms with van der Waals surface area (Å²) in [6.07, 6.45) is 2.78. The molecule has 2 aliphatic carbocycles. The average molecular weight is 509 g/mol. The molecule has 0 radical (unpaired) electrons. The van der Waals surface area contributed by atoms with Crippen molar-refractivity contribution >= 4 is 23.9 Å². The Morgan fingerprint density at radius 2 is 1.61 bits per heavy atom. The largest absolute Gasteiger partial charge is 0.458 e. The molecular weight excluding hydrogens is 464 g/mol. The topological polar surface area (TPSA) is 105 Å². The Morgan fingerprint density at radius 3 is 2.17 bits per heavy atom. The van der Waals surface area contributed by atoms with Crippen molar-refractivity contribution < 1.29 is 38.1 Å². The lowest BCUT2D eigenvalue weighted by Gasteiger charge is -2.34. The Balaban J connectivity index is 1.50. The lowest BCUT2D eigenvalue weighted by molar-refractivity contribution is -0.176. The average Bonchev–Trinajstić information content (AvgIpc) is 3.24. The molecule has 6 unspecified atom stereocenters. The first-order chi connectivity index (χ1) is 16.6. The number of hydrogen-bond donors (Lipinski definition) is 0. The van der Waals surface area contributed by atoms with Crippen molar-refractivity contribution in [3.8, 4) is 0 Å². The van der Waals surface area contributed by atoms with Gasteiger partial charge in [-0.15, -0.1) is 0 Å². The molecule has 0 amide bonds. The summed E-state index contributed by atoms with van der Waals surface area (Å²) >= 11 is 0. The molecule has 1 saturated heterocycles. The van der Waals surface area contributed by atoms with Crippen LogP contribution < -0.4 is 0 Å². The van der Waals surface area contributed by atoms with E-state index in [4.69, 9.17) is 18.9 Å². The van der Waals surface area contributed by atoms with E-state index in [9.17, 15) is 19.2 Å². The highest BCUT2D eigenvalue weighted by molar-refractivity contribution is 5.85. The quantitative estimate of drug-likeness (QED) is 0.349. The summed E-state index contributed by atoms with van der Waals surface area (Å²) in [5.41, 5.74) is -0.950. The van der Waals surface area contributed by atoms with Gasteiger partial charge in [-0.3, -0.25) is 9.59 Å². The summed E-state index contributed by atoms with van der Waals surface area (Å²) in [6, 6.07) is 0. The molecule has 2 saturated carbocycles. The number of ether oxygens (including phenoxy) is 4. The fraction of sp³-hybridized carbons (Fsp3) is 0.857. The molecule has 36 heavy (non-hydrogen) atoms. The first-order valence-corrected chi connectivity index (χ1v) is 13.3. The van der Waals surface area contributed by atoms with Crippen LogP contribution in [0, 0.1) is 39.9 Å². The molecule has 0 spiro atoms. The van der Waals surface area contributed by atoms with Crippen LogP contribution in [-0.4, -0.2) is 49.3 Å². The van der Waals surface area contributed by atoms with Gasteiger partial charge in [0, 0.05) is 5.92 Å². The van der Waals surface area contributed by atoms with Crippen molar-refractivity contribution in [3.05, 3.63) is 0 Å². The van der Waals surface area contributed by atoms with Gasteiger partial charge in [-0.1, -0.05) is 54.9 Å². The summed E-state index contributed by atoms with van der Waals surface area (Å²) in [5, 5.41) is 0. The number of esters is 4. The molecule has 1 heterocycles. The number of fused-ring (bicyclic) bond motifs is 2. The van der Waals surface area contributed by atoms with E-state index in [0.717, 1.165) is 19.3 Å². The lowest BCUT2D eigenvalue weighted by Crippen LogP contribution is -2.39. The maximum absolute atomic E-state index is 13.0. The minimum Gasteiger partial charge on any atom is -0.458 e. The van der Waals surface area contributed by atoms with Crippen LogP contribution in [0.4, 0.5) is 0 Å². The lowest BCUT2D eigenvalue weighted by atomic mass is 9.72. The molecule has 0 aromatic rings. The van der Waals surface area contributed by atoms with Crippen molar-refractivity contribution in [2.45, 2.75) is 99.7 Å². The number of rotatable bonds is 8. The van der Waals surface area contributed by atoms with Crippen LogP contribution in [0.15, 0.2) is 0 Å². The van der Waals surface area contributed by atoms with Crippen molar-refractivity contribution in [2.75, 3.05) is 13.2 Å². The maximum Gasteiger partial charge on any atom is 0.344 e. The van der Waals surface area contributed by atoms with E-state index in [1.54, 1.807) is 6.92 Å². The van der Waals surface area contributed by atoms with Crippen LogP contribution in [0.2, 0.25) is 0 Å². The zero-order valence-corrected chi connectivity index (χ0v) is 23.2. The fourth-order valence-corrected chi connectivity index (χ4v) is 6.68. The molecule has 0 N–H and O–H groups in total. The first kappa shape index (κ1) is 28.5. The highest BCUT2D eigenvalue weighted by Crippen LogP contribution is 2.72. The highest BCUT2D eigenvalue weighted by Gasteiger charge is 2.74. The minimum atomic E-state index is -0.804. The predicted molar refractivity (Wildman–Crippen MR) is 131 cm³/mol.